The third-order valence-electron chi connectivity index (χ3n) is 0.220. The van der Waals surface area contributed by atoms with Crippen molar-refractivity contribution < 1.29 is 22.3 Å². The minimum Gasteiger partial charge on any atom is -0.726 e. The highest BCUT2D eigenvalue weighted by atomic mass is 32.3. The summed E-state index contributed by atoms with van der Waals surface area (Å²) < 4.78 is 36.9. The minimum atomic E-state index is -4.92. The van der Waals surface area contributed by atoms with E-state index in [1.807, 2.05) is 0 Å². The maximum Gasteiger partial charge on any atom is 0.278 e. The lowest BCUT2D eigenvalue weighted by atomic mass is 11.2. The van der Waals surface area contributed by atoms with Gasteiger partial charge in [0.15, 0.2) is 0 Å². The molecular weight excluding hydrogens is 164 g/mol. The molecule has 0 aliphatic heterocycles. The van der Waals surface area contributed by atoms with Gasteiger partial charge in [-0.2, -0.15) is 0 Å². The van der Waals surface area contributed by atoms with E-state index in [9.17, 15) is 0 Å². The molecule has 0 unspecified atom stereocenters. The van der Waals surface area contributed by atoms with E-state index in [1.54, 1.807) is 0 Å². The first-order chi connectivity index (χ1) is 4.27. The summed E-state index contributed by atoms with van der Waals surface area (Å²) in [5.41, 5.74) is 4.65. The van der Waals surface area contributed by atoms with Gasteiger partial charge in [-0.25, -0.2) is 8.42 Å². The van der Waals surface area contributed by atoms with Gasteiger partial charge >= 0.3 is 0 Å². The van der Waals surface area contributed by atoms with E-state index in [4.69, 9.17) is 22.9 Å². The molecule has 8 heteroatoms. The first kappa shape index (κ1) is 11.9. The largest absolute Gasteiger partial charge is 0.726 e. The molecular formula is C2H7N2O5S-. The summed E-state index contributed by atoms with van der Waals surface area (Å²) in [5.74, 6) is 0. The van der Waals surface area contributed by atoms with E-state index in [1.165, 1.54) is 7.11 Å². The first-order valence-electron chi connectivity index (χ1n) is 1.83. The molecule has 0 saturated heterocycles. The zero-order valence-corrected chi connectivity index (χ0v) is 5.88. The average Bonchev–Trinajstić information content (AvgIpc) is 1.61. The maximum absolute atomic E-state index is 8.63. The molecule has 0 spiro atoms. The van der Waals surface area contributed by atoms with E-state index in [0.717, 1.165) is 0 Å². The number of ether oxygens (including phenoxy) is 1. The Morgan fingerprint density at radius 1 is 1.80 bits per heavy atom. The summed E-state index contributed by atoms with van der Waals surface area (Å²) in [6, 6.07) is -0.245. The molecule has 0 aliphatic rings. The SMILES string of the molecule is COC(=N)N.O=S(=O)([O-])O. The van der Waals surface area contributed by atoms with Crippen molar-refractivity contribution in [3.05, 3.63) is 0 Å². The summed E-state index contributed by atoms with van der Waals surface area (Å²) in [4.78, 5) is 0. The third-order valence-corrected chi connectivity index (χ3v) is 0.220. The molecule has 0 fully saturated rings. The summed E-state index contributed by atoms with van der Waals surface area (Å²) in [6.45, 7) is 0. The number of amidine groups is 1. The normalized spacial score (nSPS) is 9.10. The Hall–Kier alpha value is -0.860. The molecule has 7 nitrogen and oxygen atoms in total. The Kier molecular flexibility index (Phi) is 5.90. The first-order valence-corrected chi connectivity index (χ1v) is 3.20. The summed E-state index contributed by atoms with van der Waals surface area (Å²) >= 11 is 0. The van der Waals surface area contributed by atoms with Crippen molar-refractivity contribution in [3.63, 3.8) is 0 Å². The molecule has 0 radical (unpaired) electrons. The highest BCUT2D eigenvalue weighted by Crippen LogP contribution is 1.58. The zero-order chi connectivity index (χ0) is 8.78. The second kappa shape index (κ2) is 4.97. The molecule has 0 aromatic heterocycles. The molecule has 0 bridgehead atoms. The summed E-state index contributed by atoms with van der Waals surface area (Å²) in [6.07, 6.45) is 0. The van der Waals surface area contributed by atoms with Gasteiger partial charge in [-0.15, -0.1) is 0 Å². The van der Waals surface area contributed by atoms with Crippen LogP contribution in [0.3, 0.4) is 0 Å². The smallest absolute Gasteiger partial charge is 0.278 e. The van der Waals surface area contributed by atoms with Crippen LogP contribution < -0.4 is 5.73 Å². The van der Waals surface area contributed by atoms with Crippen molar-refractivity contribution in [2.75, 3.05) is 7.11 Å². The lowest BCUT2D eigenvalue weighted by Gasteiger charge is -1.88. The van der Waals surface area contributed by atoms with Crippen LogP contribution in [0.25, 0.3) is 0 Å². The molecule has 62 valence electrons. The van der Waals surface area contributed by atoms with Gasteiger partial charge < -0.3 is 15.0 Å². The molecule has 0 aliphatic carbocycles. The Morgan fingerprint density at radius 2 is 1.90 bits per heavy atom. The molecule has 0 atom stereocenters. The standard InChI is InChI=1S/C2H6N2O.H2O4S/c1-5-2(3)4;1-5(2,3)4/h1H3,(H3,3,4);(H2,1,2,3,4)/p-1. The van der Waals surface area contributed by atoms with Crippen molar-refractivity contribution in [2.45, 2.75) is 0 Å². The van der Waals surface area contributed by atoms with E-state index in [0.29, 0.717) is 0 Å². The second-order valence-corrected chi connectivity index (χ2v) is 1.85. The van der Waals surface area contributed by atoms with Crippen LogP contribution in [0.4, 0.5) is 0 Å². The van der Waals surface area contributed by atoms with Crippen LogP contribution in [-0.4, -0.2) is 30.7 Å². The average molecular weight is 171 g/mol. The molecule has 10 heavy (non-hydrogen) atoms. The number of methoxy groups -OCH3 is 1. The Balaban J connectivity index is 0. The van der Waals surface area contributed by atoms with Crippen LogP contribution >= 0.6 is 0 Å². The summed E-state index contributed by atoms with van der Waals surface area (Å²) in [7, 11) is -3.57. The number of hydrogen-bond donors (Lipinski definition) is 3. The van der Waals surface area contributed by atoms with Crippen LogP contribution in [0.5, 0.6) is 0 Å². The van der Waals surface area contributed by atoms with Crippen molar-refractivity contribution in [1.82, 2.24) is 0 Å². The van der Waals surface area contributed by atoms with Gasteiger partial charge in [0.1, 0.15) is 0 Å². The Morgan fingerprint density at radius 3 is 1.90 bits per heavy atom. The highest BCUT2D eigenvalue weighted by Gasteiger charge is 1.69. The third kappa shape index (κ3) is 207. The van der Waals surface area contributed by atoms with E-state index in [-0.39, 0.29) is 6.02 Å². The predicted octanol–water partition coefficient (Wildman–Crippen LogP) is -1.47. The van der Waals surface area contributed by atoms with Crippen molar-refractivity contribution in [2.24, 2.45) is 5.73 Å². The number of nitrogens with two attached hydrogens (primary N) is 1. The van der Waals surface area contributed by atoms with Gasteiger partial charge in [0.05, 0.1) is 7.11 Å². The molecule has 0 aromatic rings. The van der Waals surface area contributed by atoms with Crippen molar-refractivity contribution >= 4 is 16.4 Å². The molecule has 0 amide bonds. The number of rotatable bonds is 0. The van der Waals surface area contributed by atoms with Gasteiger partial charge in [-0.1, -0.05) is 0 Å². The molecule has 0 heterocycles. The van der Waals surface area contributed by atoms with Crippen LogP contribution in [0.2, 0.25) is 0 Å². The zero-order valence-electron chi connectivity index (χ0n) is 5.07. The fourth-order valence-corrected chi connectivity index (χ4v) is 0. The highest BCUT2D eigenvalue weighted by molar-refractivity contribution is 7.79. The van der Waals surface area contributed by atoms with Crippen LogP contribution in [0, 0.1) is 5.41 Å². The lowest BCUT2D eigenvalue weighted by Crippen LogP contribution is -2.10. The van der Waals surface area contributed by atoms with Gasteiger partial charge in [-0.05, 0) is 0 Å². The number of nitrogens with one attached hydrogen (secondary N) is 1. The van der Waals surface area contributed by atoms with Crippen LogP contribution in [0.1, 0.15) is 0 Å². The van der Waals surface area contributed by atoms with Crippen molar-refractivity contribution in [3.8, 4) is 0 Å². The second-order valence-electron chi connectivity index (χ2n) is 0.996. The lowest BCUT2D eigenvalue weighted by molar-refractivity contribution is 0.366. The molecule has 0 aromatic carbocycles. The van der Waals surface area contributed by atoms with E-state index < -0.39 is 10.4 Å². The van der Waals surface area contributed by atoms with Crippen molar-refractivity contribution in [1.29, 1.82) is 5.41 Å². The Bertz CT molecular complexity index is 176. The maximum atomic E-state index is 8.63. The fraction of sp³-hybridized carbons (Fsp3) is 0.500. The molecule has 0 rings (SSSR count). The van der Waals surface area contributed by atoms with Gasteiger partial charge in [0, 0.05) is 0 Å². The quantitative estimate of drug-likeness (QED) is 0.176. The van der Waals surface area contributed by atoms with Gasteiger partial charge in [0.2, 0.25) is 10.4 Å². The summed E-state index contributed by atoms with van der Waals surface area (Å²) in [5, 5.41) is 6.30. The fourth-order valence-electron chi connectivity index (χ4n) is 0. The topological polar surface area (TPSA) is 137 Å². The Labute approximate surface area is 57.9 Å². The van der Waals surface area contributed by atoms with Crippen LogP contribution in [-0.2, 0) is 15.1 Å². The van der Waals surface area contributed by atoms with E-state index in [2.05, 4.69) is 10.5 Å². The molecule has 0 saturated carbocycles. The predicted molar refractivity (Wildman–Crippen MR) is 31.2 cm³/mol. The number of hydrogen-bond acceptors (Lipinski definition) is 5. The minimum absolute atomic E-state index is 0.245. The van der Waals surface area contributed by atoms with Crippen LogP contribution in [0.15, 0.2) is 0 Å². The van der Waals surface area contributed by atoms with Gasteiger partial charge in [-0.3, -0.25) is 9.96 Å². The van der Waals surface area contributed by atoms with Gasteiger partial charge in [0.25, 0.3) is 6.02 Å². The monoisotopic (exact) mass is 171 g/mol. The molecule has 4 N–H and O–H groups in total. The van der Waals surface area contributed by atoms with E-state index >= 15 is 0 Å².